The minimum atomic E-state index is -0.517. The zero-order valence-corrected chi connectivity index (χ0v) is 16.2. The van der Waals surface area contributed by atoms with Crippen molar-refractivity contribution in [3.63, 3.8) is 0 Å². The average Bonchev–Trinajstić information content (AvgIpc) is 2.62. The zero-order valence-electron chi connectivity index (χ0n) is 16.2. The molecule has 3 rings (SSSR count). The number of nitrogens with zero attached hydrogens (tertiary/aromatic N) is 1. The van der Waals surface area contributed by atoms with Crippen molar-refractivity contribution in [2.45, 2.75) is 39.3 Å². The smallest absolute Gasteiger partial charge is 0.248 e. The number of carbonyl (C=O) groups is 3. The van der Waals surface area contributed by atoms with Crippen molar-refractivity contribution in [1.82, 2.24) is 0 Å². The second-order valence-electron chi connectivity index (χ2n) is 7.20. The fourth-order valence-corrected chi connectivity index (χ4v) is 3.80. The molecule has 2 aromatic carbocycles. The molecule has 0 saturated heterocycles. The second-order valence-corrected chi connectivity index (χ2v) is 7.20. The van der Waals surface area contributed by atoms with Crippen LogP contribution in [0.5, 0.6) is 0 Å². The summed E-state index contributed by atoms with van der Waals surface area (Å²) in [6, 6.07) is 10.2. The Morgan fingerprint density at radius 3 is 2.21 bits per heavy atom. The largest absolute Gasteiger partial charge is 0.378 e. The molecule has 7 nitrogen and oxygen atoms in total. The van der Waals surface area contributed by atoms with Gasteiger partial charge in [-0.15, -0.1) is 0 Å². The highest BCUT2D eigenvalue weighted by atomic mass is 16.2. The molecular weight excluding hydrogens is 356 g/mol. The first-order valence-electron chi connectivity index (χ1n) is 9.09. The molecule has 28 heavy (non-hydrogen) atoms. The highest BCUT2D eigenvalue weighted by Crippen LogP contribution is 2.40. The Balaban J connectivity index is 2.03. The molecule has 2 atom stereocenters. The first kappa shape index (κ1) is 19.4. The third kappa shape index (κ3) is 3.55. The van der Waals surface area contributed by atoms with Crippen molar-refractivity contribution in [3.05, 3.63) is 58.7 Å². The monoisotopic (exact) mass is 380 g/mol. The van der Waals surface area contributed by atoms with E-state index in [1.165, 1.54) is 6.92 Å². The van der Waals surface area contributed by atoms with Gasteiger partial charge in [-0.2, -0.15) is 0 Å². The number of nitrogens with one attached hydrogen (secondary N) is 1. The normalized spacial score (nSPS) is 18.3. The molecule has 0 unspecified atom stereocenters. The van der Waals surface area contributed by atoms with Crippen LogP contribution in [0.4, 0.5) is 11.4 Å². The lowest BCUT2D eigenvalue weighted by atomic mass is 9.89. The number of fused-ring (bicyclic) bond motifs is 1. The maximum atomic E-state index is 12.2. The fourth-order valence-electron chi connectivity index (χ4n) is 3.80. The van der Waals surface area contributed by atoms with E-state index in [0.717, 1.165) is 22.5 Å². The van der Waals surface area contributed by atoms with Gasteiger partial charge in [-0.25, -0.2) is 0 Å². The van der Waals surface area contributed by atoms with Crippen LogP contribution in [0.2, 0.25) is 0 Å². The SMILES string of the molecule is CC(=O)N1c2ccc(C(N)=O)cc2[C@@H](Nc2ccc(C(N)=O)cc2C)C[C@H]1C. The van der Waals surface area contributed by atoms with Gasteiger partial charge >= 0.3 is 0 Å². The van der Waals surface area contributed by atoms with Gasteiger partial charge in [0, 0.05) is 35.5 Å². The molecule has 1 aliphatic heterocycles. The lowest BCUT2D eigenvalue weighted by molar-refractivity contribution is -0.117. The summed E-state index contributed by atoms with van der Waals surface area (Å²) >= 11 is 0. The van der Waals surface area contributed by atoms with Gasteiger partial charge in [-0.05, 0) is 67.8 Å². The van der Waals surface area contributed by atoms with Crippen LogP contribution in [-0.4, -0.2) is 23.8 Å². The van der Waals surface area contributed by atoms with E-state index < -0.39 is 11.8 Å². The van der Waals surface area contributed by atoms with E-state index in [1.54, 1.807) is 35.2 Å². The predicted molar refractivity (Wildman–Crippen MR) is 108 cm³/mol. The van der Waals surface area contributed by atoms with E-state index in [2.05, 4.69) is 5.32 Å². The van der Waals surface area contributed by atoms with Crippen LogP contribution < -0.4 is 21.7 Å². The molecule has 3 amide bonds. The summed E-state index contributed by atoms with van der Waals surface area (Å²) in [4.78, 5) is 37.0. The predicted octanol–water partition coefficient (Wildman–Crippen LogP) is 2.49. The highest BCUT2D eigenvalue weighted by molar-refractivity contribution is 5.97. The Bertz CT molecular complexity index is 970. The van der Waals surface area contributed by atoms with Crippen molar-refractivity contribution >= 4 is 29.1 Å². The first-order chi connectivity index (χ1) is 13.2. The zero-order chi connectivity index (χ0) is 20.6. The Morgan fingerprint density at radius 2 is 1.64 bits per heavy atom. The summed E-state index contributed by atoms with van der Waals surface area (Å²) in [6.45, 7) is 5.41. The number of carbonyl (C=O) groups excluding carboxylic acids is 3. The summed E-state index contributed by atoms with van der Waals surface area (Å²) in [5.41, 5.74) is 15.0. The van der Waals surface area contributed by atoms with Crippen molar-refractivity contribution in [3.8, 4) is 0 Å². The molecule has 1 heterocycles. The van der Waals surface area contributed by atoms with Crippen LogP contribution in [0.15, 0.2) is 36.4 Å². The number of nitrogens with two attached hydrogens (primary N) is 2. The number of hydrogen-bond acceptors (Lipinski definition) is 4. The summed E-state index contributed by atoms with van der Waals surface area (Å²) in [6.07, 6.45) is 0.659. The summed E-state index contributed by atoms with van der Waals surface area (Å²) in [7, 11) is 0. The molecule has 0 radical (unpaired) electrons. The van der Waals surface area contributed by atoms with E-state index in [9.17, 15) is 14.4 Å². The lowest BCUT2D eigenvalue weighted by Crippen LogP contribution is -2.43. The molecule has 0 fully saturated rings. The third-order valence-electron chi connectivity index (χ3n) is 5.14. The van der Waals surface area contributed by atoms with Gasteiger partial charge in [-0.3, -0.25) is 14.4 Å². The van der Waals surface area contributed by atoms with Gasteiger partial charge in [0.1, 0.15) is 0 Å². The maximum absolute atomic E-state index is 12.2. The number of anilines is 2. The van der Waals surface area contributed by atoms with E-state index in [1.807, 2.05) is 19.9 Å². The molecule has 2 aromatic rings. The number of hydrogen-bond donors (Lipinski definition) is 3. The van der Waals surface area contributed by atoms with Crippen molar-refractivity contribution in [1.29, 1.82) is 0 Å². The number of aryl methyl sites for hydroxylation is 1. The van der Waals surface area contributed by atoms with Gasteiger partial charge in [0.05, 0.1) is 6.04 Å². The van der Waals surface area contributed by atoms with E-state index >= 15 is 0 Å². The topological polar surface area (TPSA) is 119 Å². The molecule has 0 bridgehead atoms. The quantitative estimate of drug-likeness (QED) is 0.755. The van der Waals surface area contributed by atoms with Crippen LogP contribution in [0.25, 0.3) is 0 Å². The van der Waals surface area contributed by atoms with Crippen LogP contribution >= 0.6 is 0 Å². The highest BCUT2D eigenvalue weighted by Gasteiger charge is 2.33. The average molecular weight is 380 g/mol. The molecular formula is C21H24N4O3. The summed E-state index contributed by atoms with van der Waals surface area (Å²) in [5, 5.41) is 3.49. The molecule has 5 N–H and O–H groups in total. The minimum absolute atomic E-state index is 0.0212. The molecule has 0 saturated carbocycles. The standard InChI is InChI=1S/C21H24N4O3/c1-11-8-14(20(22)27)4-6-17(11)24-18-9-12(2)25(13(3)26)19-7-5-15(21(23)28)10-16(18)19/h4-8,10,12,18,24H,9H2,1-3H3,(H2,22,27)(H2,23,28)/t12-,18+/m1/s1. The minimum Gasteiger partial charge on any atom is -0.378 e. The molecule has 146 valence electrons. The van der Waals surface area contributed by atoms with Crippen molar-refractivity contribution in [2.75, 3.05) is 10.2 Å². The molecule has 0 aliphatic carbocycles. The van der Waals surface area contributed by atoms with Crippen LogP contribution in [0.3, 0.4) is 0 Å². The molecule has 7 heteroatoms. The number of amides is 3. The maximum Gasteiger partial charge on any atom is 0.248 e. The Hall–Kier alpha value is -3.35. The van der Waals surface area contributed by atoms with E-state index in [4.69, 9.17) is 11.5 Å². The Labute approximate surface area is 163 Å². The van der Waals surface area contributed by atoms with E-state index in [-0.39, 0.29) is 18.0 Å². The number of benzene rings is 2. The summed E-state index contributed by atoms with van der Waals surface area (Å²) in [5.74, 6) is -1.05. The molecule has 0 aromatic heterocycles. The van der Waals surface area contributed by atoms with Crippen molar-refractivity contribution in [2.24, 2.45) is 11.5 Å². The molecule has 0 spiro atoms. The molecule has 1 aliphatic rings. The fraction of sp³-hybridized carbons (Fsp3) is 0.286. The first-order valence-corrected chi connectivity index (χ1v) is 9.09. The lowest BCUT2D eigenvalue weighted by Gasteiger charge is -2.40. The van der Waals surface area contributed by atoms with Gasteiger partial charge in [-0.1, -0.05) is 0 Å². The van der Waals surface area contributed by atoms with Crippen LogP contribution in [0.1, 0.15) is 58.2 Å². The van der Waals surface area contributed by atoms with Gasteiger partial charge < -0.3 is 21.7 Å². The summed E-state index contributed by atoms with van der Waals surface area (Å²) < 4.78 is 0. The Morgan fingerprint density at radius 1 is 1.04 bits per heavy atom. The van der Waals surface area contributed by atoms with Gasteiger partial charge in [0.15, 0.2) is 0 Å². The number of rotatable bonds is 4. The Kier molecular flexibility index (Phi) is 5.09. The van der Waals surface area contributed by atoms with Gasteiger partial charge in [0.2, 0.25) is 17.7 Å². The van der Waals surface area contributed by atoms with Crippen molar-refractivity contribution < 1.29 is 14.4 Å². The van der Waals surface area contributed by atoms with Crippen LogP contribution in [0, 0.1) is 6.92 Å². The van der Waals surface area contributed by atoms with Crippen LogP contribution in [-0.2, 0) is 4.79 Å². The number of primary amides is 2. The van der Waals surface area contributed by atoms with Gasteiger partial charge in [0.25, 0.3) is 0 Å². The second kappa shape index (κ2) is 7.34. The van der Waals surface area contributed by atoms with E-state index in [0.29, 0.717) is 17.5 Å². The third-order valence-corrected chi connectivity index (χ3v) is 5.14.